The highest BCUT2D eigenvalue weighted by atomic mass is 32.1. The van der Waals surface area contributed by atoms with Crippen molar-refractivity contribution in [1.29, 1.82) is 0 Å². The molecule has 1 N–H and O–H groups in total. The zero-order valence-corrected chi connectivity index (χ0v) is 6.87. The van der Waals surface area contributed by atoms with E-state index >= 15 is 0 Å². The molecule has 54 valence electrons. The molecule has 10 heavy (non-hydrogen) atoms. The van der Waals surface area contributed by atoms with E-state index in [0.29, 0.717) is 6.04 Å². The Balaban J connectivity index is 2.41. The molecule has 0 bridgehead atoms. The Morgan fingerprint density at radius 3 is 3.40 bits per heavy atom. The van der Waals surface area contributed by atoms with Crippen LogP contribution in [0, 0.1) is 0 Å². The number of hydrogen-bond acceptors (Lipinski definition) is 2. The Kier molecular flexibility index (Phi) is 1.51. The monoisotopic (exact) mass is 153 g/mol. The van der Waals surface area contributed by atoms with Crippen LogP contribution in [0.4, 0.5) is 0 Å². The van der Waals surface area contributed by atoms with Crippen LogP contribution >= 0.6 is 11.3 Å². The standard InChI is InChI=1S/C8H11NS/c1-6-7-3-5-10-8(7)2-4-9-6/h3,5-6,9H,2,4H2,1H3/t6-/m0/s1. The maximum Gasteiger partial charge on any atom is 0.0302 e. The largest absolute Gasteiger partial charge is 0.310 e. The van der Waals surface area contributed by atoms with Crippen LogP contribution in [0.25, 0.3) is 0 Å². The van der Waals surface area contributed by atoms with Crippen LogP contribution in [0.1, 0.15) is 23.4 Å². The third-order valence-electron chi connectivity index (χ3n) is 2.05. The molecule has 0 fully saturated rings. The van der Waals surface area contributed by atoms with Gasteiger partial charge >= 0.3 is 0 Å². The van der Waals surface area contributed by atoms with Gasteiger partial charge in [-0.3, -0.25) is 0 Å². The minimum absolute atomic E-state index is 0.579. The fourth-order valence-electron chi connectivity index (χ4n) is 1.45. The van der Waals surface area contributed by atoms with Crippen molar-refractivity contribution in [1.82, 2.24) is 5.32 Å². The fraction of sp³-hybridized carbons (Fsp3) is 0.500. The maximum atomic E-state index is 3.43. The molecule has 1 aliphatic heterocycles. The lowest BCUT2D eigenvalue weighted by Crippen LogP contribution is -2.26. The minimum atomic E-state index is 0.579. The molecule has 0 spiro atoms. The molecule has 2 heterocycles. The van der Waals surface area contributed by atoms with Crippen LogP contribution in [0.3, 0.4) is 0 Å². The lowest BCUT2D eigenvalue weighted by atomic mass is 10.0. The molecule has 0 aromatic carbocycles. The lowest BCUT2D eigenvalue weighted by Gasteiger charge is -2.19. The van der Waals surface area contributed by atoms with Crippen molar-refractivity contribution in [2.24, 2.45) is 0 Å². The predicted octanol–water partition coefficient (Wildman–Crippen LogP) is 1.95. The highest BCUT2D eigenvalue weighted by molar-refractivity contribution is 7.10. The van der Waals surface area contributed by atoms with Gasteiger partial charge in [0.25, 0.3) is 0 Å². The maximum absolute atomic E-state index is 3.43. The van der Waals surface area contributed by atoms with Crippen molar-refractivity contribution in [3.63, 3.8) is 0 Å². The van der Waals surface area contributed by atoms with Crippen LogP contribution < -0.4 is 5.32 Å². The normalized spacial score (nSPS) is 24.3. The summed E-state index contributed by atoms with van der Waals surface area (Å²) in [6.07, 6.45) is 1.22. The smallest absolute Gasteiger partial charge is 0.0302 e. The first-order valence-electron chi connectivity index (χ1n) is 3.67. The second kappa shape index (κ2) is 2.36. The van der Waals surface area contributed by atoms with Crippen molar-refractivity contribution in [2.75, 3.05) is 6.54 Å². The third kappa shape index (κ3) is 0.879. The van der Waals surface area contributed by atoms with Gasteiger partial charge in [0.2, 0.25) is 0 Å². The second-order valence-corrected chi connectivity index (χ2v) is 3.73. The summed E-state index contributed by atoms with van der Waals surface area (Å²) >= 11 is 1.89. The molecule has 0 radical (unpaired) electrons. The zero-order chi connectivity index (χ0) is 6.97. The average molecular weight is 153 g/mol. The van der Waals surface area contributed by atoms with E-state index in [1.54, 1.807) is 4.88 Å². The van der Waals surface area contributed by atoms with Crippen LogP contribution in [0.2, 0.25) is 0 Å². The first-order valence-corrected chi connectivity index (χ1v) is 4.55. The minimum Gasteiger partial charge on any atom is -0.310 e. The third-order valence-corrected chi connectivity index (χ3v) is 3.05. The summed E-state index contributed by atoms with van der Waals surface area (Å²) in [6.45, 7) is 3.37. The number of rotatable bonds is 0. The summed E-state index contributed by atoms with van der Waals surface area (Å²) in [5.74, 6) is 0. The molecule has 0 unspecified atom stereocenters. The van der Waals surface area contributed by atoms with Crippen molar-refractivity contribution in [3.05, 3.63) is 21.9 Å². The quantitative estimate of drug-likeness (QED) is 0.600. The van der Waals surface area contributed by atoms with E-state index in [1.807, 2.05) is 11.3 Å². The molecule has 0 aliphatic carbocycles. The fourth-order valence-corrected chi connectivity index (χ4v) is 2.43. The highest BCUT2D eigenvalue weighted by Crippen LogP contribution is 2.26. The molecule has 0 saturated carbocycles. The van der Waals surface area contributed by atoms with Crippen molar-refractivity contribution < 1.29 is 0 Å². The molecular formula is C8H11NS. The molecular weight excluding hydrogens is 142 g/mol. The van der Waals surface area contributed by atoms with Gasteiger partial charge in [0, 0.05) is 17.5 Å². The van der Waals surface area contributed by atoms with E-state index in [-0.39, 0.29) is 0 Å². The van der Waals surface area contributed by atoms with Crippen molar-refractivity contribution in [2.45, 2.75) is 19.4 Å². The SMILES string of the molecule is C[C@@H]1NCCc2sccc21. The molecule has 0 saturated heterocycles. The van der Waals surface area contributed by atoms with Gasteiger partial charge in [0.05, 0.1) is 0 Å². The number of nitrogens with one attached hydrogen (secondary N) is 1. The summed E-state index contributed by atoms with van der Waals surface area (Å²) in [5, 5.41) is 5.62. The summed E-state index contributed by atoms with van der Waals surface area (Å²) in [5.41, 5.74) is 1.51. The summed E-state index contributed by atoms with van der Waals surface area (Å²) in [4.78, 5) is 1.58. The van der Waals surface area contributed by atoms with E-state index in [0.717, 1.165) is 6.54 Å². The number of hydrogen-bond donors (Lipinski definition) is 1. The van der Waals surface area contributed by atoms with Crippen molar-refractivity contribution >= 4 is 11.3 Å². The highest BCUT2D eigenvalue weighted by Gasteiger charge is 2.15. The molecule has 1 atom stereocenters. The molecule has 1 aromatic heterocycles. The van der Waals surface area contributed by atoms with E-state index in [1.165, 1.54) is 12.0 Å². The summed E-state index contributed by atoms with van der Waals surface area (Å²) in [6, 6.07) is 2.81. The van der Waals surface area contributed by atoms with Crippen LogP contribution in [0.15, 0.2) is 11.4 Å². The van der Waals surface area contributed by atoms with Crippen molar-refractivity contribution in [3.8, 4) is 0 Å². The molecule has 1 nitrogen and oxygen atoms in total. The van der Waals surface area contributed by atoms with Gasteiger partial charge in [-0.15, -0.1) is 11.3 Å². The lowest BCUT2D eigenvalue weighted by molar-refractivity contribution is 0.547. The topological polar surface area (TPSA) is 12.0 Å². The molecule has 2 heteroatoms. The second-order valence-electron chi connectivity index (χ2n) is 2.72. The van der Waals surface area contributed by atoms with Gasteiger partial charge in [0.15, 0.2) is 0 Å². The first kappa shape index (κ1) is 6.38. The Bertz CT molecular complexity index is 229. The Labute approximate surface area is 65.1 Å². The Morgan fingerprint density at radius 2 is 2.60 bits per heavy atom. The molecule has 1 aliphatic rings. The van der Waals surface area contributed by atoms with Crippen LogP contribution in [-0.4, -0.2) is 6.54 Å². The van der Waals surface area contributed by atoms with E-state index in [9.17, 15) is 0 Å². The number of fused-ring (bicyclic) bond motifs is 1. The van der Waals surface area contributed by atoms with Gasteiger partial charge in [0.1, 0.15) is 0 Å². The molecule has 2 rings (SSSR count). The number of thiophene rings is 1. The van der Waals surface area contributed by atoms with E-state index in [2.05, 4.69) is 23.7 Å². The van der Waals surface area contributed by atoms with Crippen LogP contribution in [0.5, 0.6) is 0 Å². The Morgan fingerprint density at radius 1 is 1.70 bits per heavy atom. The molecule has 0 amide bonds. The van der Waals surface area contributed by atoms with Gasteiger partial charge in [-0.05, 0) is 30.4 Å². The van der Waals surface area contributed by atoms with E-state index in [4.69, 9.17) is 0 Å². The Hall–Kier alpha value is -0.340. The summed E-state index contributed by atoms with van der Waals surface area (Å²) in [7, 11) is 0. The van der Waals surface area contributed by atoms with E-state index < -0.39 is 0 Å². The first-order chi connectivity index (χ1) is 4.88. The van der Waals surface area contributed by atoms with Gasteiger partial charge in [-0.25, -0.2) is 0 Å². The van der Waals surface area contributed by atoms with Gasteiger partial charge < -0.3 is 5.32 Å². The predicted molar refractivity (Wildman–Crippen MR) is 44.4 cm³/mol. The van der Waals surface area contributed by atoms with Crippen LogP contribution in [-0.2, 0) is 6.42 Å². The summed E-state index contributed by atoms with van der Waals surface area (Å²) < 4.78 is 0. The zero-order valence-electron chi connectivity index (χ0n) is 6.05. The average Bonchev–Trinajstić information content (AvgIpc) is 2.36. The molecule has 1 aromatic rings. The van der Waals surface area contributed by atoms with Gasteiger partial charge in [-0.1, -0.05) is 0 Å². The van der Waals surface area contributed by atoms with Gasteiger partial charge in [-0.2, -0.15) is 0 Å².